The Labute approximate surface area is 122 Å². The molecule has 1 fully saturated rings. The lowest BCUT2D eigenvalue weighted by Gasteiger charge is -2.23. The number of hydrogen-bond acceptors (Lipinski definition) is 5. The van der Waals surface area contributed by atoms with Crippen LogP contribution in [0.1, 0.15) is 12.8 Å². The average molecular weight is 294 g/mol. The molecule has 0 radical (unpaired) electrons. The molecule has 0 aliphatic carbocycles. The molecule has 2 heterocycles. The van der Waals surface area contributed by atoms with Crippen LogP contribution in [-0.4, -0.2) is 40.0 Å². The molecule has 0 atom stereocenters. The largest absolute Gasteiger partial charge is 0.383 e. The van der Waals surface area contributed by atoms with Crippen LogP contribution in [0.2, 0.25) is 5.02 Å². The highest BCUT2D eigenvalue weighted by molar-refractivity contribution is 6.33. The Morgan fingerprint density at radius 3 is 2.95 bits per heavy atom. The van der Waals surface area contributed by atoms with Crippen molar-refractivity contribution in [3.05, 3.63) is 29.5 Å². The zero-order valence-electron chi connectivity index (χ0n) is 11.0. The summed E-state index contributed by atoms with van der Waals surface area (Å²) >= 11 is 6.23. The van der Waals surface area contributed by atoms with E-state index < -0.39 is 0 Å². The minimum atomic E-state index is 0.636. The lowest BCUT2D eigenvalue weighted by molar-refractivity contribution is 0.0699. The van der Waals surface area contributed by atoms with E-state index in [0.717, 1.165) is 44.0 Å². The van der Waals surface area contributed by atoms with Gasteiger partial charge in [-0.3, -0.25) is 0 Å². The first-order valence-electron chi connectivity index (χ1n) is 6.67. The summed E-state index contributed by atoms with van der Waals surface area (Å²) in [5.41, 5.74) is 1.79. The Bertz CT molecular complexity index is 554. The fourth-order valence-corrected chi connectivity index (χ4v) is 2.46. The van der Waals surface area contributed by atoms with Crippen LogP contribution in [0.15, 0.2) is 24.5 Å². The predicted molar refractivity (Wildman–Crippen MR) is 76.2 cm³/mol. The first kappa shape index (κ1) is 13.3. The van der Waals surface area contributed by atoms with E-state index in [9.17, 15) is 0 Å². The van der Waals surface area contributed by atoms with Crippen molar-refractivity contribution in [2.45, 2.75) is 12.8 Å². The molecule has 2 aromatic rings. The Morgan fingerprint density at radius 1 is 1.35 bits per heavy atom. The van der Waals surface area contributed by atoms with Gasteiger partial charge in [0.25, 0.3) is 0 Å². The van der Waals surface area contributed by atoms with Gasteiger partial charge < -0.3 is 10.1 Å². The maximum absolute atomic E-state index is 6.23. The molecule has 1 aliphatic rings. The number of benzene rings is 1. The Balaban J connectivity index is 1.70. The minimum absolute atomic E-state index is 0.636. The molecular weight excluding hydrogens is 278 g/mol. The summed E-state index contributed by atoms with van der Waals surface area (Å²) in [5.74, 6) is 0.636. The lowest BCUT2D eigenvalue weighted by atomic mass is 10.0. The van der Waals surface area contributed by atoms with Gasteiger partial charge in [0.05, 0.1) is 16.4 Å². The van der Waals surface area contributed by atoms with Gasteiger partial charge in [-0.15, -0.1) is 5.10 Å². The zero-order chi connectivity index (χ0) is 13.8. The van der Waals surface area contributed by atoms with Crippen molar-refractivity contribution in [1.29, 1.82) is 0 Å². The van der Waals surface area contributed by atoms with Crippen LogP contribution in [0, 0.1) is 5.92 Å². The summed E-state index contributed by atoms with van der Waals surface area (Å²) in [4.78, 5) is 0. The van der Waals surface area contributed by atoms with Crippen LogP contribution in [0.4, 0.5) is 5.69 Å². The van der Waals surface area contributed by atoms with Crippen LogP contribution in [0.25, 0.3) is 5.69 Å². The molecule has 1 aromatic carbocycles. The van der Waals surface area contributed by atoms with Gasteiger partial charge in [0.1, 0.15) is 6.33 Å². The van der Waals surface area contributed by atoms with E-state index in [4.69, 9.17) is 16.3 Å². The SMILES string of the molecule is Clc1ccc(-n2cnnn2)cc1NCC1CCOCC1. The van der Waals surface area contributed by atoms with Gasteiger partial charge in [0, 0.05) is 19.8 Å². The van der Waals surface area contributed by atoms with Gasteiger partial charge in [0.15, 0.2) is 0 Å². The number of aromatic nitrogens is 4. The number of hydrogen-bond donors (Lipinski definition) is 1. The Hall–Kier alpha value is -1.66. The quantitative estimate of drug-likeness (QED) is 0.936. The second-order valence-electron chi connectivity index (χ2n) is 4.86. The molecule has 1 aliphatic heterocycles. The predicted octanol–water partition coefficient (Wildman–Crippen LogP) is 2.15. The number of tetrazole rings is 1. The van der Waals surface area contributed by atoms with E-state index in [0.29, 0.717) is 10.9 Å². The van der Waals surface area contributed by atoms with Crippen LogP contribution < -0.4 is 5.32 Å². The van der Waals surface area contributed by atoms with Crippen LogP contribution >= 0.6 is 11.6 Å². The van der Waals surface area contributed by atoms with Crippen LogP contribution in [-0.2, 0) is 4.74 Å². The van der Waals surface area contributed by atoms with Gasteiger partial charge >= 0.3 is 0 Å². The topological polar surface area (TPSA) is 64.9 Å². The number of ether oxygens (including phenoxy) is 1. The van der Waals surface area contributed by atoms with Crippen LogP contribution in [0.3, 0.4) is 0 Å². The summed E-state index contributed by atoms with van der Waals surface area (Å²) < 4.78 is 6.97. The van der Waals surface area contributed by atoms with Gasteiger partial charge in [0.2, 0.25) is 0 Å². The molecule has 20 heavy (non-hydrogen) atoms. The van der Waals surface area contributed by atoms with Crippen molar-refractivity contribution in [3.8, 4) is 5.69 Å². The molecule has 6 nitrogen and oxygen atoms in total. The third-order valence-electron chi connectivity index (χ3n) is 3.49. The summed E-state index contributed by atoms with van der Waals surface area (Å²) in [6.45, 7) is 2.61. The van der Waals surface area contributed by atoms with Gasteiger partial charge in [-0.25, -0.2) is 4.68 Å². The molecule has 0 bridgehead atoms. The normalized spacial score (nSPS) is 16.2. The molecule has 1 N–H and O–H groups in total. The summed E-state index contributed by atoms with van der Waals surface area (Å²) in [5, 5.41) is 15.3. The smallest absolute Gasteiger partial charge is 0.143 e. The molecule has 3 rings (SSSR count). The Morgan fingerprint density at radius 2 is 2.20 bits per heavy atom. The van der Waals surface area contributed by atoms with E-state index in [1.807, 2.05) is 18.2 Å². The standard InChI is InChI=1S/C13H16ClN5O/c14-12-2-1-11(19-9-16-17-18-19)7-13(12)15-8-10-3-5-20-6-4-10/h1-2,7,9-10,15H,3-6,8H2. The van der Waals surface area contributed by atoms with Gasteiger partial charge in [-0.05, 0) is 47.4 Å². The monoisotopic (exact) mass is 293 g/mol. The molecule has 0 saturated carbocycles. The highest BCUT2D eigenvalue weighted by atomic mass is 35.5. The van der Waals surface area contributed by atoms with Crippen molar-refractivity contribution in [1.82, 2.24) is 20.2 Å². The lowest BCUT2D eigenvalue weighted by Crippen LogP contribution is -2.22. The summed E-state index contributed by atoms with van der Waals surface area (Å²) in [6.07, 6.45) is 3.75. The second-order valence-corrected chi connectivity index (χ2v) is 5.26. The number of nitrogens with one attached hydrogen (secondary N) is 1. The molecule has 0 spiro atoms. The first-order chi connectivity index (χ1) is 9.83. The second kappa shape index (κ2) is 6.19. The highest BCUT2D eigenvalue weighted by Crippen LogP contribution is 2.25. The molecule has 7 heteroatoms. The maximum Gasteiger partial charge on any atom is 0.143 e. The molecule has 0 unspecified atom stereocenters. The molecular formula is C13H16ClN5O. The minimum Gasteiger partial charge on any atom is -0.383 e. The Kier molecular flexibility index (Phi) is 4.13. The molecule has 1 saturated heterocycles. The average Bonchev–Trinajstić information content (AvgIpc) is 3.02. The van der Waals surface area contributed by atoms with Crippen molar-refractivity contribution < 1.29 is 4.74 Å². The third kappa shape index (κ3) is 3.08. The van der Waals surface area contributed by atoms with Gasteiger partial charge in [-0.2, -0.15) is 0 Å². The van der Waals surface area contributed by atoms with Crippen molar-refractivity contribution in [3.63, 3.8) is 0 Å². The van der Waals surface area contributed by atoms with E-state index in [-0.39, 0.29) is 0 Å². The van der Waals surface area contributed by atoms with E-state index in [1.165, 1.54) is 0 Å². The first-order valence-corrected chi connectivity index (χ1v) is 7.05. The highest BCUT2D eigenvalue weighted by Gasteiger charge is 2.14. The van der Waals surface area contributed by atoms with E-state index in [2.05, 4.69) is 20.8 Å². The summed E-state index contributed by atoms with van der Waals surface area (Å²) in [6, 6.07) is 5.70. The zero-order valence-corrected chi connectivity index (χ0v) is 11.8. The molecule has 1 aromatic heterocycles. The molecule has 0 amide bonds. The van der Waals surface area contributed by atoms with Crippen molar-refractivity contribution >= 4 is 17.3 Å². The number of rotatable bonds is 4. The summed E-state index contributed by atoms with van der Waals surface area (Å²) in [7, 11) is 0. The van der Waals surface area contributed by atoms with Crippen molar-refractivity contribution in [2.75, 3.05) is 25.1 Å². The molecule has 106 valence electrons. The van der Waals surface area contributed by atoms with Crippen LogP contribution in [0.5, 0.6) is 0 Å². The fourth-order valence-electron chi connectivity index (χ4n) is 2.28. The van der Waals surface area contributed by atoms with Crippen molar-refractivity contribution in [2.24, 2.45) is 5.92 Å². The van der Waals surface area contributed by atoms with E-state index >= 15 is 0 Å². The van der Waals surface area contributed by atoms with E-state index in [1.54, 1.807) is 11.0 Å². The number of anilines is 1. The maximum atomic E-state index is 6.23. The third-order valence-corrected chi connectivity index (χ3v) is 3.82. The number of halogens is 1. The fraction of sp³-hybridized carbons (Fsp3) is 0.462. The van der Waals surface area contributed by atoms with Gasteiger partial charge in [-0.1, -0.05) is 11.6 Å². The number of nitrogens with zero attached hydrogens (tertiary/aromatic N) is 4.